The molecule has 0 radical (unpaired) electrons. The SMILES string of the molecule is CCc1ccc(NC(=O)C2CCN(S(=O)(=O)/C=C/c3ccccc3)CC2)cc1. The van der Waals surface area contributed by atoms with Gasteiger partial charge in [-0.25, -0.2) is 8.42 Å². The maximum absolute atomic E-state index is 12.5. The quantitative estimate of drug-likeness (QED) is 0.802. The van der Waals surface area contributed by atoms with Crippen molar-refractivity contribution in [1.29, 1.82) is 0 Å². The van der Waals surface area contributed by atoms with Crippen LogP contribution in [0.15, 0.2) is 60.0 Å². The van der Waals surface area contributed by atoms with Crippen LogP contribution >= 0.6 is 0 Å². The van der Waals surface area contributed by atoms with Crippen molar-refractivity contribution in [1.82, 2.24) is 4.31 Å². The van der Waals surface area contributed by atoms with Crippen molar-refractivity contribution in [2.45, 2.75) is 26.2 Å². The summed E-state index contributed by atoms with van der Waals surface area (Å²) >= 11 is 0. The average Bonchev–Trinajstić information content (AvgIpc) is 2.74. The number of rotatable bonds is 6. The molecule has 0 unspecified atom stereocenters. The lowest BCUT2D eigenvalue weighted by Gasteiger charge is -2.29. The Labute approximate surface area is 167 Å². The number of aryl methyl sites for hydroxylation is 1. The van der Waals surface area contributed by atoms with Gasteiger partial charge in [-0.15, -0.1) is 0 Å². The lowest BCUT2D eigenvalue weighted by molar-refractivity contribution is -0.120. The summed E-state index contributed by atoms with van der Waals surface area (Å²) in [5.41, 5.74) is 2.84. The van der Waals surface area contributed by atoms with Crippen molar-refractivity contribution in [3.05, 3.63) is 71.1 Å². The Hall–Kier alpha value is -2.44. The highest BCUT2D eigenvalue weighted by atomic mass is 32.2. The Kier molecular flexibility index (Phi) is 6.65. The number of hydrogen-bond donors (Lipinski definition) is 1. The van der Waals surface area contributed by atoms with Crippen LogP contribution in [0.4, 0.5) is 5.69 Å². The molecule has 0 spiro atoms. The molecule has 1 fully saturated rings. The molecule has 1 amide bonds. The highest BCUT2D eigenvalue weighted by Crippen LogP contribution is 2.22. The van der Waals surface area contributed by atoms with E-state index in [0.29, 0.717) is 25.9 Å². The number of sulfonamides is 1. The van der Waals surface area contributed by atoms with E-state index in [4.69, 9.17) is 0 Å². The molecular weight excluding hydrogens is 372 g/mol. The molecule has 1 N–H and O–H groups in total. The van der Waals surface area contributed by atoms with E-state index in [9.17, 15) is 13.2 Å². The van der Waals surface area contributed by atoms with Gasteiger partial charge in [0.1, 0.15) is 0 Å². The summed E-state index contributed by atoms with van der Waals surface area (Å²) in [5.74, 6) is -0.212. The lowest BCUT2D eigenvalue weighted by atomic mass is 9.97. The fourth-order valence-corrected chi connectivity index (χ4v) is 4.48. The van der Waals surface area contributed by atoms with Crippen LogP contribution < -0.4 is 5.32 Å². The lowest BCUT2D eigenvalue weighted by Crippen LogP contribution is -2.40. The summed E-state index contributed by atoms with van der Waals surface area (Å²) in [7, 11) is -3.48. The normalized spacial score (nSPS) is 16.3. The summed E-state index contributed by atoms with van der Waals surface area (Å²) in [6, 6.07) is 17.2. The second-order valence-electron chi connectivity index (χ2n) is 6.97. The van der Waals surface area contributed by atoms with Crippen LogP contribution in [0.5, 0.6) is 0 Å². The van der Waals surface area contributed by atoms with Gasteiger partial charge in [-0.3, -0.25) is 4.79 Å². The summed E-state index contributed by atoms with van der Waals surface area (Å²) in [6.45, 7) is 2.80. The minimum atomic E-state index is -3.48. The molecule has 0 atom stereocenters. The topological polar surface area (TPSA) is 66.5 Å². The van der Waals surface area contributed by atoms with E-state index in [0.717, 1.165) is 17.7 Å². The molecule has 6 heteroatoms. The first kappa shape index (κ1) is 20.3. The van der Waals surface area contributed by atoms with Gasteiger partial charge in [-0.1, -0.05) is 49.4 Å². The van der Waals surface area contributed by atoms with E-state index in [1.54, 1.807) is 6.08 Å². The number of hydrogen-bond acceptors (Lipinski definition) is 3. The number of nitrogens with one attached hydrogen (secondary N) is 1. The minimum absolute atomic E-state index is 0.0406. The van der Waals surface area contributed by atoms with Crippen LogP contribution in [0.25, 0.3) is 6.08 Å². The van der Waals surface area contributed by atoms with Crippen LogP contribution in [0, 0.1) is 5.92 Å². The molecule has 1 heterocycles. The van der Waals surface area contributed by atoms with Crippen molar-refractivity contribution in [3.63, 3.8) is 0 Å². The standard InChI is InChI=1S/C22H26N2O3S/c1-2-18-8-10-21(11-9-18)23-22(25)20-12-15-24(16-13-20)28(26,27)17-14-19-6-4-3-5-7-19/h3-11,14,17,20H,2,12-13,15-16H2,1H3,(H,23,25)/b17-14+. The molecule has 148 valence electrons. The van der Waals surface area contributed by atoms with E-state index < -0.39 is 10.0 Å². The minimum Gasteiger partial charge on any atom is -0.326 e. The fourth-order valence-electron chi connectivity index (χ4n) is 3.26. The second-order valence-corrected chi connectivity index (χ2v) is 8.79. The smallest absolute Gasteiger partial charge is 0.236 e. The van der Waals surface area contributed by atoms with Crippen LogP contribution in [-0.4, -0.2) is 31.7 Å². The molecule has 1 aliphatic heterocycles. The largest absolute Gasteiger partial charge is 0.326 e. The van der Waals surface area contributed by atoms with Gasteiger partial charge in [0, 0.05) is 30.1 Å². The van der Waals surface area contributed by atoms with E-state index in [2.05, 4.69) is 12.2 Å². The predicted octanol–water partition coefficient (Wildman–Crippen LogP) is 3.90. The molecule has 2 aromatic carbocycles. The molecule has 0 bridgehead atoms. The molecular formula is C22H26N2O3S. The van der Waals surface area contributed by atoms with Gasteiger partial charge in [0.15, 0.2) is 0 Å². The highest BCUT2D eigenvalue weighted by Gasteiger charge is 2.29. The molecule has 1 aliphatic rings. The van der Waals surface area contributed by atoms with E-state index >= 15 is 0 Å². The molecule has 1 saturated heterocycles. The van der Waals surface area contributed by atoms with Crippen molar-refractivity contribution >= 4 is 27.7 Å². The van der Waals surface area contributed by atoms with Crippen LogP contribution in [0.1, 0.15) is 30.9 Å². The third-order valence-corrected chi connectivity index (χ3v) is 6.61. The van der Waals surface area contributed by atoms with Crippen LogP contribution in [-0.2, 0) is 21.2 Å². The monoisotopic (exact) mass is 398 g/mol. The van der Waals surface area contributed by atoms with E-state index in [1.165, 1.54) is 15.3 Å². The van der Waals surface area contributed by atoms with Gasteiger partial charge < -0.3 is 5.32 Å². The van der Waals surface area contributed by atoms with Crippen LogP contribution in [0.2, 0.25) is 0 Å². The van der Waals surface area contributed by atoms with Crippen molar-refractivity contribution in [3.8, 4) is 0 Å². The van der Waals surface area contributed by atoms with Gasteiger partial charge in [0.25, 0.3) is 0 Å². The number of piperidine rings is 1. The fraction of sp³-hybridized carbons (Fsp3) is 0.318. The van der Waals surface area contributed by atoms with E-state index in [1.807, 2.05) is 54.6 Å². The zero-order chi connectivity index (χ0) is 20.0. The van der Waals surface area contributed by atoms with Gasteiger partial charge >= 0.3 is 0 Å². The number of anilines is 1. The zero-order valence-corrected chi connectivity index (χ0v) is 16.9. The Morgan fingerprint density at radius 1 is 1.07 bits per heavy atom. The Bertz CT molecular complexity index is 914. The number of benzene rings is 2. The third kappa shape index (κ3) is 5.30. The van der Waals surface area contributed by atoms with Crippen molar-refractivity contribution < 1.29 is 13.2 Å². The number of carbonyl (C=O) groups excluding carboxylic acids is 1. The molecule has 0 saturated carbocycles. The first-order valence-corrected chi connectivity index (χ1v) is 11.1. The second kappa shape index (κ2) is 9.17. The number of carbonyl (C=O) groups is 1. The Morgan fingerprint density at radius 3 is 2.32 bits per heavy atom. The van der Waals surface area contributed by atoms with Gasteiger partial charge in [-0.05, 0) is 48.6 Å². The van der Waals surface area contributed by atoms with Crippen LogP contribution in [0.3, 0.4) is 0 Å². The summed E-state index contributed by atoms with van der Waals surface area (Å²) < 4.78 is 26.5. The maximum atomic E-state index is 12.5. The van der Waals surface area contributed by atoms with Gasteiger partial charge in [-0.2, -0.15) is 4.31 Å². The first-order chi connectivity index (χ1) is 13.5. The third-order valence-electron chi connectivity index (χ3n) is 5.05. The molecule has 5 nitrogen and oxygen atoms in total. The molecule has 0 aliphatic carbocycles. The first-order valence-electron chi connectivity index (χ1n) is 9.61. The summed E-state index contributed by atoms with van der Waals surface area (Å²) in [5, 5.41) is 4.19. The maximum Gasteiger partial charge on any atom is 0.236 e. The highest BCUT2D eigenvalue weighted by molar-refractivity contribution is 7.92. The van der Waals surface area contributed by atoms with Gasteiger partial charge in [0.05, 0.1) is 0 Å². The molecule has 0 aromatic heterocycles. The summed E-state index contributed by atoms with van der Waals surface area (Å²) in [6.07, 6.45) is 3.61. The van der Waals surface area contributed by atoms with Gasteiger partial charge in [0.2, 0.25) is 15.9 Å². The van der Waals surface area contributed by atoms with Crippen molar-refractivity contribution in [2.24, 2.45) is 5.92 Å². The summed E-state index contributed by atoms with van der Waals surface area (Å²) in [4.78, 5) is 12.5. The van der Waals surface area contributed by atoms with Crippen molar-refractivity contribution in [2.75, 3.05) is 18.4 Å². The Morgan fingerprint density at radius 2 is 1.71 bits per heavy atom. The zero-order valence-electron chi connectivity index (χ0n) is 16.0. The van der Waals surface area contributed by atoms with E-state index in [-0.39, 0.29) is 11.8 Å². The Balaban J connectivity index is 1.54. The molecule has 3 rings (SSSR count). The molecule has 2 aromatic rings. The predicted molar refractivity (Wildman–Crippen MR) is 113 cm³/mol. The molecule has 28 heavy (non-hydrogen) atoms. The number of amides is 1. The average molecular weight is 399 g/mol. The number of nitrogens with zero attached hydrogens (tertiary/aromatic N) is 1.